The van der Waals surface area contributed by atoms with E-state index in [1.165, 1.54) is 44.5 Å². The van der Waals surface area contributed by atoms with Crippen molar-refractivity contribution in [3.63, 3.8) is 0 Å². The van der Waals surface area contributed by atoms with Gasteiger partial charge in [0, 0.05) is 18.3 Å². The summed E-state index contributed by atoms with van der Waals surface area (Å²) in [6.45, 7) is 4.54. The predicted octanol–water partition coefficient (Wildman–Crippen LogP) is 4.01. The average Bonchev–Trinajstić information content (AvgIpc) is 3.07. The second kappa shape index (κ2) is 8.11. The van der Waals surface area contributed by atoms with Gasteiger partial charge in [-0.05, 0) is 99.7 Å². The lowest BCUT2D eigenvalue weighted by molar-refractivity contribution is -0.131. The van der Waals surface area contributed by atoms with Gasteiger partial charge in [0.15, 0.2) is 5.78 Å². The summed E-state index contributed by atoms with van der Waals surface area (Å²) < 4.78 is 0. The van der Waals surface area contributed by atoms with E-state index in [2.05, 4.69) is 11.9 Å². The lowest BCUT2D eigenvalue weighted by Gasteiger charge is -2.56. The van der Waals surface area contributed by atoms with Crippen LogP contribution in [0.25, 0.3) is 0 Å². The summed E-state index contributed by atoms with van der Waals surface area (Å²) >= 11 is 0. The summed E-state index contributed by atoms with van der Waals surface area (Å²) in [4.78, 5) is 17.3. The Bertz CT molecular complexity index is 780. The number of ketones is 1. The van der Waals surface area contributed by atoms with Gasteiger partial charge in [0.05, 0.1) is 17.7 Å². The van der Waals surface area contributed by atoms with Gasteiger partial charge in [-0.3, -0.25) is 9.79 Å². The number of aliphatic imine (C=N–C) groups is 1. The van der Waals surface area contributed by atoms with Gasteiger partial charge in [-0.2, -0.15) is 5.26 Å². The maximum absolute atomic E-state index is 13.0. The van der Waals surface area contributed by atoms with Gasteiger partial charge in [0.25, 0.3) is 0 Å². The van der Waals surface area contributed by atoms with Crippen LogP contribution in [-0.4, -0.2) is 29.3 Å². The molecule has 4 aliphatic carbocycles. The third kappa shape index (κ3) is 3.73. The van der Waals surface area contributed by atoms with Crippen LogP contribution in [0.3, 0.4) is 0 Å². The van der Waals surface area contributed by atoms with E-state index in [1.54, 1.807) is 0 Å². The minimum absolute atomic E-state index is 0.0952. The SMILES string of the molecule is C[C@@]1(O)CC[C@H]2[C@H](CC[C@@H]3[C@@H]2CC[C@]2(C)[C@@H](C(=O)CN=CC(C#N)=CN)CC[C@@H]32)C1. The van der Waals surface area contributed by atoms with Crippen LogP contribution in [0.5, 0.6) is 0 Å². The molecule has 0 amide bonds. The fourth-order valence-electron chi connectivity index (χ4n) is 8.06. The molecule has 4 saturated carbocycles. The molecule has 3 N–H and O–H groups in total. The summed E-state index contributed by atoms with van der Waals surface area (Å²) in [5, 5.41) is 19.5. The number of nitrogens with two attached hydrogens (primary N) is 1. The number of carbonyl (C=O) groups is 1. The van der Waals surface area contributed by atoms with E-state index in [0.717, 1.165) is 43.4 Å². The number of rotatable bonds is 4. The molecule has 164 valence electrons. The third-order valence-corrected chi connectivity index (χ3v) is 9.41. The number of nitrogens with zero attached hydrogens (tertiary/aromatic N) is 2. The number of Topliss-reactive ketones (excluding diaryl/α,β-unsaturated/α-hetero) is 1. The minimum Gasteiger partial charge on any atom is -0.403 e. The van der Waals surface area contributed by atoms with E-state index >= 15 is 0 Å². The Hall–Kier alpha value is -1.67. The first-order chi connectivity index (χ1) is 14.3. The third-order valence-electron chi connectivity index (χ3n) is 9.41. The second-order valence-corrected chi connectivity index (χ2v) is 11.0. The zero-order valence-corrected chi connectivity index (χ0v) is 18.5. The highest BCUT2D eigenvalue weighted by Crippen LogP contribution is 2.64. The van der Waals surface area contributed by atoms with Crippen molar-refractivity contribution in [3.05, 3.63) is 11.8 Å². The molecule has 0 heterocycles. The molecule has 0 bridgehead atoms. The van der Waals surface area contributed by atoms with Gasteiger partial charge in [-0.25, -0.2) is 0 Å². The van der Waals surface area contributed by atoms with Gasteiger partial charge in [0.1, 0.15) is 6.07 Å². The molecule has 0 spiro atoms. The highest BCUT2D eigenvalue weighted by molar-refractivity contribution is 5.88. The molecular weight excluding hydrogens is 374 g/mol. The Kier molecular flexibility index (Phi) is 5.83. The minimum atomic E-state index is -0.465. The Labute approximate surface area is 180 Å². The monoisotopic (exact) mass is 411 g/mol. The first kappa shape index (κ1) is 21.6. The Morgan fingerprint density at radius 3 is 2.63 bits per heavy atom. The lowest BCUT2D eigenvalue weighted by atomic mass is 9.49. The van der Waals surface area contributed by atoms with Gasteiger partial charge in [-0.15, -0.1) is 0 Å². The van der Waals surface area contributed by atoms with E-state index in [4.69, 9.17) is 11.0 Å². The topological polar surface area (TPSA) is 99.5 Å². The van der Waals surface area contributed by atoms with Crippen LogP contribution in [0.2, 0.25) is 0 Å². The molecule has 0 radical (unpaired) electrons. The van der Waals surface area contributed by atoms with Crippen molar-refractivity contribution in [1.82, 2.24) is 0 Å². The standard InChI is InChI=1S/C25H37N3O2/c1-24(30)9-7-18-17(11-24)3-4-20-19(18)8-10-25(2)21(20)5-6-22(25)23(29)15-28-14-16(12-26)13-27/h12,14,17-22,30H,3-11,15,26H2,1-2H3/t17-,18+,19-,20-,21+,22-,24-,25+/m1/s1. The molecule has 0 aromatic heterocycles. The predicted molar refractivity (Wildman–Crippen MR) is 117 cm³/mol. The normalized spacial score (nSPS) is 46.0. The summed E-state index contributed by atoms with van der Waals surface area (Å²) in [7, 11) is 0. The molecule has 0 aliphatic heterocycles. The van der Waals surface area contributed by atoms with Crippen molar-refractivity contribution in [2.45, 2.75) is 77.2 Å². The number of allylic oxidation sites excluding steroid dienone is 1. The lowest BCUT2D eigenvalue weighted by Crippen LogP contribution is -2.51. The molecular formula is C25H37N3O2. The van der Waals surface area contributed by atoms with Crippen molar-refractivity contribution in [2.24, 2.45) is 51.6 Å². The molecule has 0 saturated heterocycles. The largest absolute Gasteiger partial charge is 0.403 e. The molecule has 8 atom stereocenters. The van der Waals surface area contributed by atoms with E-state index in [0.29, 0.717) is 17.4 Å². The van der Waals surface area contributed by atoms with Crippen molar-refractivity contribution in [1.29, 1.82) is 5.26 Å². The van der Waals surface area contributed by atoms with Crippen LogP contribution >= 0.6 is 0 Å². The van der Waals surface area contributed by atoms with Gasteiger partial charge < -0.3 is 10.8 Å². The maximum atomic E-state index is 13.0. The van der Waals surface area contributed by atoms with Gasteiger partial charge in [-0.1, -0.05) is 6.92 Å². The summed E-state index contributed by atoms with van der Waals surface area (Å²) in [5.41, 5.74) is 5.31. The Morgan fingerprint density at radius 1 is 1.13 bits per heavy atom. The maximum Gasteiger partial charge on any atom is 0.157 e. The number of hydrogen-bond donors (Lipinski definition) is 2. The number of carbonyl (C=O) groups excluding carboxylic acids is 1. The van der Waals surface area contributed by atoms with Gasteiger partial charge >= 0.3 is 0 Å². The van der Waals surface area contributed by atoms with E-state index in [-0.39, 0.29) is 23.7 Å². The number of nitriles is 1. The van der Waals surface area contributed by atoms with E-state index in [1.807, 2.05) is 13.0 Å². The zero-order chi connectivity index (χ0) is 21.5. The van der Waals surface area contributed by atoms with E-state index < -0.39 is 5.60 Å². The van der Waals surface area contributed by atoms with Crippen molar-refractivity contribution in [3.8, 4) is 6.07 Å². The van der Waals surface area contributed by atoms with Crippen molar-refractivity contribution >= 4 is 12.0 Å². The van der Waals surface area contributed by atoms with Crippen LogP contribution in [0.4, 0.5) is 0 Å². The van der Waals surface area contributed by atoms with Crippen LogP contribution in [0, 0.1) is 52.3 Å². The molecule has 5 heteroatoms. The summed E-state index contributed by atoms with van der Waals surface area (Å²) in [6, 6.07) is 1.97. The number of fused-ring (bicyclic) bond motifs is 5. The molecule has 4 fully saturated rings. The molecule has 0 aromatic carbocycles. The van der Waals surface area contributed by atoms with Crippen molar-refractivity contribution in [2.75, 3.05) is 6.54 Å². The van der Waals surface area contributed by atoms with Crippen LogP contribution in [0.1, 0.15) is 71.6 Å². The highest BCUT2D eigenvalue weighted by atomic mass is 16.3. The van der Waals surface area contributed by atoms with Crippen LogP contribution in [-0.2, 0) is 4.79 Å². The molecule has 4 aliphatic rings. The highest BCUT2D eigenvalue weighted by Gasteiger charge is 2.58. The molecule has 30 heavy (non-hydrogen) atoms. The summed E-state index contributed by atoms with van der Waals surface area (Å²) in [6.07, 6.45) is 12.8. The smallest absolute Gasteiger partial charge is 0.157 e. The molecule has 0 aromatic rings. The quantitative estimate of drug-likeness (QED) is 0.539. The zero-order valence-electron chi connectivity index (χ0n) is 18.5. The second-order valence-electron chi connectivity index (χ2n) is 11.0. The molecule has 4 rings (SSSR count). The number of hydrogen-bond acceptors (Lipinski definition) is 5. The molecule has 5 nitrogen and oxygen atoms in total. The average molecular weight is 412 g/mol. The van der Waals surface area contributed by atoms with E-state index in [9.17, 15) is 9.90 Å². The Balaban J connectivity index is 1.44. The first-order valence-corrected chi connectivity index (χ1v) is 11.9. The van der Waals surface area contributed by atoms with Crippen LogP contribution in [0.15, 0.2) is 16.8 Å². The van der Waals surface area contributed by atoms with Crippen LogP contribution < -0.4 is 5.73 Å². The fraction of sp³-hybridized carbons (Fsp3) is 0.800. The van der Waals surface area contributed by atoms with Gasteiger partial charge in [0.2, 0.25) is 0 Å². The summed E-state index contributed by atoms with van der Waals surface area (Å²) in [5.74, 6) is 3.98. The van der Waals surface area contributed by atoms with Crippen molar-refractivity contribution < 1.29 is 9.90 Å². The fourth-order valence-corrected chi connectivity index (χ4v) is 8.06. The number of aliphatic hydroxyl groups is 1. The Morgan fingerprint density at radius 2 is 1.90 bits per heavy atom. The first-order valence-electron chi connectivity index (χ1n) is 11.9. The molecule has 0 unspecified atom stereocenters.